The summed E-state index contributed by atoms with van der Waals surface area (Å²) in [5, 5.41) is 0. The zero-order valence-electron chi connectivity index (χ0n) is 15.6. The van der Waals surface area contributed by atoms with Crippen LogP contribution >= 0.6 is 0 Å². The van der Waals surface area contributed by atoms with Crippen LogP contribution in [0.4, 0.5) is 0 Å². The summed E-state index contributed by atoms with van der Waals surface area (Å²) in [6, 6.07) is 16.2. The summed E-state index contributed by atoms with van der Waals surface area (Å²) in [5.41, 5.74) is 2.31. The van der Waals surface area contributed by atoms with Crippen LogP contribution in [0.3, 0.4) is 0 Å². The summed E-state index contributed by atoms with van der Waals surface area (Å²) in [4.78, 5) is 14.7. The van der Waals surface area contributed by atoms with Gasteiger partial charge in [0.2, 0.25) is 5.91 Å². The maximum atomic E-state index is 12.7. The monoisotopic (exact) mass is 353 g/mol. The molecule has 0 spiro atoms. The summed E-state index contributed by atoms with van der Waals surface area (Å²) in [6.07, 6.45) is 3.34. The molecule has 0 radical (unpaired) electrons. The number of amides is 1. The van der Waals surface area contributed by atoms with E-state index in [1.807, 2.05) is 48.2 Å². The summed E-state index contributed by atoms with van der Waals surface area (Å²) in [6.45, 7) is 3.44. The van der Waals surface area contributed by atoms with Gasteiger partial charge in [-0.25, -0.2) is 0 Å². The Morgan fingerprint density at radius 3 is 2.65 bits per heavy atom. The van der Waals surface area contributed by atoms with Crippen molar-refractivity contribution in [2.45, 2.75) is 38.6 Å². The molecule has 2 aromatic carbocycles. The van der Waals surface area contributed by atoms with Gasteiger partial charge in [0, 0.05) is 13.0 Å². The van der Waals surface area contributed by atoms with Crippen LogP contribution in [0.2, 0.25) is 0 Å². The molecule has 1 atom stereocenters. The van der Waals surface area contributed by atoms with Crippen LogP contribution in [0.5, 0.6) is 11.5 Å². The van der Waals surface area contributed by atoms with Crippen molar-refractivity contribution in [1.82, 2.24) is 4.90 Å². The third kappa shape index (κ3) is 4.37. The van der Waals surface area contributed by atoms with E-state index in [1.165, 1.54) is 5.56 Å². The van der Waals surface area contributed by atoms with Crippen molar-refractivity contribution in [1.29, 1.82) is 0 Å². The van der Waals surface area contributed by atoms with Gasteiger partial charge in [-0.1, -0.05) is 30.3 Å². The average molecular weight is 353 g/mol. The summed E-state index contributed by atoms with van der Waals surface area (Å²) in [7, 11) is 1.67. The molecule has 0 aliphatic carbocycles. The van der Waals surface area contributed by atoms with Crippen LogP contribution in [0.15, 0.2) is 48.5 Å². The van der Waals surface area contributed by atoms with Crippen molar-refractivity contribution in [3.8, 4) is 11.5 Å². The molecular weight excluding hydrogens is 326 g/mol. The molecule has 1 fully saturated rings. The first-order chi connectivity index (χ1) is 12.7. The Bertz CT molecular complexity index is 726. The van der Waals surface area contributed by atoms with E-state index in [0.29, 0.717) is 13.0 Å². The summed E-state index contributed by atoms with van der Waals surface area (Å²) < 4.78 is 11.0. The molecule has 0 N–H and O–H groups in total. The number of methoxy groups -OCH3 is 1. The van der Waals surface area contributed by atoms with E-state index < -0.39 is 0 Å². The molecule has 1 amide bonds. The fraction of sp³-hybridized carbons (Fsp3) is 0.409. The molecule has 138 valence electrons. The lowest BCUT2D eigenvalue weighted by Gasteiger charge is -2.25. The van der Waals surface area contributed by atoms with Crippen molar-refractivity contribution in [2.75, 3.05) is 20.3 Å². The summed E-state index contributed by atoms with van der Waals surface area (Å²) >= 11 is 0. The first kappa shape index (κ1) is 18.3. The van der Waals surface area contributed by atoms with E-state index in [1.54, 1.807) is 7.11 Å². The SMILES string of the molecule is COc1ccc([C@H]2CCCN2C(=O)CCCOc2ccccc2C)cc1. The quantitative estimate of drug-likeness (QED) is 0.687. The lowest BCUT2D eigenvalue weighted by Crippen LogP contribution is -2.30. The number of hydrogen-bond acceptors (Lipinski definition) is 3. The number of benzene rings is 2. The molecule has 0 saturated carbocycles. The van der Waals surface area contributed by atoms with Gasteiger partial charge in [0.05, 0.1) is 19.8 Å². The third-order valence-corrected chi connectivity index (χ3v) is 4.96. The fourth-order valence-electron chi connectivity index (χ4n) is 3.51. The van der Waals surface area contributed by atoms with Crippen molar-refractivity contribution in [2.24, 2.45) is 0 Å². The molecule has 0 bridgehead atoms. The molecule has 4 nitrogen and oxygen atoms in total. The lowest BCUT2D eigenvalue weighted by molar-refractivity contribution is -0.132. The standard InChI is InChI=1S/C22H27NO3/c1-17-7-3-4-9-21(17)26-16-6-10-22(24)23-15-5-8-20(23)18-11-13-19(25-2)14-12-18/h3-4,7,9,11-14,20H,5-6,8,10,15-16H2,1-2H3/t20-/m1/s1. The molecule has 0 aromatic heterocycles. The zero-order valence-corrected chi connectivity index (χ0v) is 15.6. The number of hydrogen-bond donors (Lipinski definition) is 0. The second-order valence-corrected chi connectivity index (χ2v) is 6.74. The molecule has 1 heterocycles. The number of ether oxygens (including phenoxy) is 2. The number of carbonyl (C=O) groups is 1. The Morgan fingerprint density at radius 2 is 1.92 bits per heavy atom. The van der Waals surface area contributed by atoms with Crippen molar-refractivity contribution < 1.29 is 14.3 Å². The first-order valence-corrected chi connectivity index (χ1v) is 9.31. The van der Waals surface area contributed by atoms with Gasteiger partial charge in [0.25, 0.3) is 0 Å². The molecule has 4 heteroatoms. The normalized spacial score (nSPS) is 16.5. The Balaban J connectivity index is 1.51. The maximum absolute atomic E-state index is 12.7. The van der Waals surface area contributed by atoms with E-state index in [4.69, 9.17) is 9.47 Å². The predicted octanol–water partition coefficient (Wildman–Crippen LogP) is 4.53. The van der Waals surface area contributed by atoms with Gasteiger partial charge in [-0.2, -0.15) is 0 Å². The molecule has 3 rings (SSSR count). The minimum Gasteiger partial charge on any atom is -0.497 e. The number of aryl methyl sites for hydroxylation is 1. The molecule has 26 heavy (non-hydrogen) atoms. The molecule has 1 saturated heterocycles. The van der Waals surface area contributed by atoms with E-state index in [0.717, 1.165) is 42.9 Å². The minimum absolute atomic E-state index is 0.186. The van der Waals surface area contributed by atoms with Crippen LogP contribution in [-0.2, 0) is 4.79 Å². The molecule has 1 aliphatic rings. The molecule has 0 unspecified atom stereocenters. The Morgan fingerprint density at radius 1 is 1.15 bits per heavy atom. The second-order valence-electron chi connectivity index (χ2n) is 6.74. The number of carbonyl (C=O) groups excluding carboxylic acids is 1. The van der Waals surface area contributed by atoms with E-state index in [2.05, 4.69) is 12.1 Å². The Hall–Kier alpha value is -2.49. The van der Waals surface area contributed by atoms with Crippen LogP contribution < -0.4 is 9.47 Å². The van der Waals surface area contributed by atoms with Gasteiger partial charge in [0.1, 0.15) is 11.5 Å². The van der Waals surface area contributed by atoms with Gasteiger partial charge >= 0.3 is 0 Å². The van der Waals surface area contributed by atoms with Crippen LogP contribution in [0.1, 0.15) is 42.9 Å². The van der Waals surface area contributed by atoms with E-state index in [9.17, 15) is 4.79 Å². The van der Waals surface area contributed by atoms with Gasteiger partial charge in [-0.05, 0) is 55.5 Å². The van der Waals surface area contributed by atoms with Crippen molar-refractivity contribution in [3.05, 3.63) is 59.7 Å². The third-order valence-electron chi connectivity index (χ3n) is 4.96. The molecule has 2 aromatic rings. The minimum atomic E-state index is 0.186. The van der Waals surface area contributed by atoms with Crippen molar-refractivity contribution >= 4 is 5.91 Å². The highest BCUT2D eigenvalue weighted by atomic mass is 16.5. The van der Waals surface area contributed by atoms with Gasteiger partial charge in [-0.3, -0.25) is 4.79 Å². The predicted molar refractivity (Wildman–Crippen MR) is 103 cm³/mol. The van der Waals surface area contributed by atoms with E-state index in [-0.39, 0.29) is 11.9 Å². The van der Waals surface area contributed by atoms with Gasteiger partial charge in [-0.15, -0.1) is 0 Å². The topological polar surface area (TPSA) is 38.8 Å². The van der Waals surface area contributed by atoms with Gasteiger partial charge < -0.3 is 14.4 Å². The highest BCUT2D eigenvalue weighted by Gasteiger charge is 2.29. The fourth-order valence-corrected chi connectivity index (χ4v) is 3.51. The van der Waals surface area contributed by atoms with E-state index >= 15 is 0 Å². The number of likely N-dealkylation sites (tertiary alicyclic amines) is 1. The number of nitrogens with zero attached hydrogens (tertiary/aromatic N) is 1. The van der Waals surface area contributed by atoms with Crippen LogP contribution in [0, 0.1) is 6.92 Å². The Kier molecular flexibility index (Phi) is 6.16. The van der Waals surface area contributed by atoms with Crippen molar-refractivity contribution in [3.63, 3.8) is 0 Å². The van der Waals surface area contributed by atoms with Crippen LogP contribution in [0.25, 0.3) is 0 Å². The molecular formula is C22H27NO3. The maximum Gasteiger partial charge on any atom is 0.223 e. The zero-order chi connectivity index (χ0) is 18.4. The number of rotatable bonds is 7. The number of para-hydroxylation sites is 1. The summed E-state index contributed by atoms with van der Waals surface area (Å²) in [5.74, 6) is 1.96. The average Bonchev–Trinajstić information content (AvgIpc) is 3.16. The highest BCUT2D eigenvalue weighted by molar-refractivity contribution is 5.77. The second kappa shape index (κ2) is 8.75. The highest BCUT2D eigenvalue weighted by Crippen LogP contribution is 2.33. The largest absolute Gasteiger partial charge is 0.497 e. The first-order valence-electron chi connectivity index (χ1n) is 9.31. The smallest absolute Gasteiger partial charge is 0.223 e. The van der Waals surface area contributed by atoms with Gasteiger partial charge in [0.15, 0.2) is 0 Å². The molecule has 1 aliphatic heterocycles. The van der Waals surface area contributed by atoms with Crippen LogP contribution in [-0.4, -0.2) is 31.1 Å². The lowest BCUT2D eigenvalue weighted by atomic mass is 10.0. The Labute approximate surface area is 155 Å².